The Morgan fingerprint density at radius 1 is 1.31 bits per heavy atom. The minimum atomic E-state index is 0.369. The van der Waals surface area contributed by atoms with Crippen LogP contribution in [-0.4, -0.2) is 9.59 Å². The van der Waals surface area contributed by atoms with Crippen molar-refractivity contribution in [3.05, 3.63) is 35.0 Å². The molecule has 0 bridgehead atoms. The van der Waals surface area contributed by atoms with Gasteiger partial charge in [0.25, 0.3) is 0 Å². The van der Waals surface area contributed by atoms with Gasteiger partial charge in [0.2, 0.25) is 0 Å². The largest absolute Gasteiger partial charge is 0.487 e. The molecule has 0 saturated heterocycles. The van der Waals surface area contributed by atoms with Crippen molar-refractivity contribution in [3.63, 3.8) is 0 Å². The van der Waals surface area contributed by atoms with Crippen molar-refractivity contribution in [2.45, 2.75) is 20.5 Å². The van der Waals surface area contributed by atoms with Gasteiger partial charge in [0, 0.05) is 11.5 Å². The van der Waals surface area contributed by atoms with Crippen molar-refractivity contribution in [2.75, 3.05) is 5.73 Å². The van der Waals surface area contributed by atoms with Crippen molar-refractivity contribution in [3.8, 4) is 5.75 Å². The lowest BCUT2D eigenvalue weighted by Crippen LogP contribution is -2.01. The molecule has 1 heterocycles. The third-order valence-electron chi connectivity index (χ3n) is 2.35. The molecule has 1 aromatic carbocycles. The Kier molecular flexibility index (Phi) is 3.05. The number of benzene rings is 1. The first-order chi connectivity index (χ1) is 7.68. The molecule has 0 atom stereocenters. The van der Waals surface area contributed by atoms with Gasteiger partial charge in [0.1, 0.15) is 23.1 Å². The highest BCUT2D eigenvalue weighted by Gasteiger charge is 2.07. The Balaban J connectivity index is 2.14. The zero-order valence-corrected chi connectivity index (χ0v) is 10.0. The normalized spacial score (nSPS) is 10.4. The Labute approximate surface area is 98.2 Å². The van der Waals surface area contributed by atoms with Crippen LogP contribution >= 0.6 is 11.5 Å². The first-order valence-electron chi connectivity index (χ1n) is 4.94. The summed E-state index contributed by atoms with van der Waals surface area (Å²) in [5.41, 5.74) is 8.62. The van der Waals surface area contributed by atoms with E-state index in [-0.39, 0.29) is 0 Å². The number of rotatable bonds is 3. The summed E-state index contributed by atoms with van der Waals surface area (Å²) in [4.78, 5) is 0. The number of nitrogen functional groups attached to an aromatic ring is 1. The first-order valence-corrected chi connectivity index (χ1v) is 5.71. The topological polar surface area (TPSA) is 61.0 Å². The van der Waals surface area contributed by atoms with Crippen LogP contribution in [-0.2, 0) is 6.61 Å². The van der Waals surface area contributed by atoms with Gasteiger partial charge < -0.3 is 10.5 Å². The molecule has 5 heteroatoms. The van der Waals surface area contributed by atoms with Gasteiger partial charge in [-0.25, -0.2) is 0 Å². The van der Waals surface area contributed by atoms with Crippen LogP contribution in [0.25, 0.3) is 0 Å². The Morgan fingerprint density at radius 2 is 2.00 bits per heavy atom. The average molecular weight is 235 g/mol. The molecular weight excluding hydrogens is 222 g/mol. The van der Waals surface area contributed by atoms with Crippen LogP contribution in [0.1, 0.15) is 16.8 Å². The summed E-state index contributed by atoms with van der Waals surface area (Å²) >= 11 is 1.18. The highest BCUT2D eigenvalue weighted by atomic mass is 32.1. The summed E-state index contributed by atoms with van der Waals surface area (Å²) in [6.45, 7) is 4.41. The zero-order valence-electron chi connectivity index (χ0n) is 9.23. The van der Waals surface area contributed by atoms with Crippen LogP contribution in [0.15, 0.2) is 18.2 Å². The Morgan fingerprint density at radius 3 is 2.56 bits per heavy atom. The van der Waals surface area contributed by atoms with Gasteiger partial charge in [-0.05, 0) is 25.0 Å². The number of anilines is 1. The fraction of sp³-hybridized carbons (Fsp3) is 0.273. The second-order valence-corrected chi connectivity index (χ2v) is 4.38. The molecule has 0 unspecified atom stereocenters. The maximum atomic E-state index is 5.72. The smallest absolute Gasteiger partial charge is 0.136 e. The molecule has 0 spiro atoms. The number of nitrogens with zero attached hydrogens (tertiary/aromatic N) is 2. The molecule has 0 amide bonds. The molecular formula is C11H13N3OS. The summed E-state index contributed by atoms with van der Waals surface area (Å²) in [6, 6.07) is 6.05. The van der Waals surface area contributed by atoms with Crippen LogP contribution in [0.4, 0.5) is 5.00 Å². The van der Waals surface area contributed by atoms with Crippen LogP contribution < -0.4 is 10.5 Å². The van der Waals surface area contributed by atoms with Gasteiger partial charge >= 0.3 is 0 Å². The number of hydrogen-bond acceptors (Lipinski definition) is 5. The summed E-state index contributed by atoms with van der Waals surface area (Å²) in [5, 5.41) is 4.53. The number of aromatic nitrogens is 2. The van der Waals surface area contributed by atoms with E-state index in [1.54, 1.807) is 0 Å². The zero-order chi connectivity index (χ0) is 11.5. The number of para-hydroxylation sites is 1. The maximum absolute atomic E-state index is 5.72. The number of hydrogen-bond donors (Lipinski definition) is 1. The highest BCUT2D eigenvalue weighted by Crippen LogP contribution is 2.24. The van der Waals surface area contributed by atoms with E-state index in [1.807, 2.05) is 32.0 Å². The summed E-state index contributed by atoms with van der Waals surface area (Å²) in [7, 11) is 0. The van der Waals surface area contributed by atoms with E-state index in [0.717, 1.165) is 16.9 Å². The third-order valence-corrected chi connectivity index (χ3v) is 2.94. The fourth-order valence-corrected chi connectivity index (χ4v) is 1.92. The van der Waals surface area contributed by atoms with E-state index >= 15 is 0 Å². The molecule has 4 nitrogen and oxygen atoms in total. The molecule has 2 aromatic rings. The third kappa shape index (κ3) is 2.14. The minimum Gasteiger partial charge on any atom is -0.487 e. The molecule has 0 aliphatic heterocycles. The Hall–Kier alpha value is -1.62. The number of ether oxygens (including phenoxy) is 1. The second kappa shape index (κ2) is 4.49. The van der Waals surface area contributed by atoms with E-state index in [4.69, 9.17) is 10.5 Å². The fourth-order valence-electron chi connectivity index (χ4n) is 1.48. The van der Waals surface area contributed by atoms with E-state index < -0.39 is 0 Å². The molecule has 0 saturated carbocycles. The average Bonchev–Trinajstić information content (AvgIpc) is 2.64. The number of nitrogens with two attached hydrogens (primary N) is 1. The first kappa shape index (κ1) is 10.9. The standard InChI is InChI=1S/C11H13N3OS/c1-7-4-3-5-8(2)10(7)15-6-9-11(12)16-14-13-9/h3-5H,6,12H2,1-2H3. The van der Waals surface area contributed by atoms with Gasteiger partial charge in [-0.15, -0.1) is 5.10 Å². The summed E-state index contributed by atoms with van der Waals surface area (Å²) < 4.78 is 9.48. The molecule has 1 aromatic heterocycles. The van der Waals surface area contributed by atoms with Gasteiger partial charge in [-0.3, -0.25) is 0 Å². The predicted molar refractivity (Wildman–Crippen MR) is 64.6 cm³/mol. The van der Waals surface area contributed by atoms with Gasteiger partial charge in [-0.2, -0.15) is 0 Å². The van der Waals surface area contributed by atoms with Crippen molar-refractivity contribution in [1.29, 1.82) is 0 Å². The molecule has 2 rings (SSSR count). The molecule has 2 N–H and O–H groups in total. The van der Waals surface area contributed by atoms with Crippen LogP contribution in [0.5, 0.6) is 5.75 Å². The van der Waals surface area contributed by atoms with Crippen LogP contribution in [0.2, 0.25) is 0 Å². The minimum absolute atomic E-state index is 0.369. The van der Waals surface area contributed by atoms with E-state index in [0.29, 0.717) is 17.3 Å². The Bertz CT molecular complexity index is 475. The molecule has 0 aliphatic carbocycles. The lowest BCUT2D eigenvalue weighted by atomic mass is 10.1. The van der Waals surface area contributed by atoms with Crippen LogP contribution in [0.3, 0.4) is 0 Å². The van der Waals surface area contributed by atoms with Gasteiger partial charge in [-0.1, -0.05) is 22.7 Å². The highest BCUT2D eigenvalue weighted by molar-refractivity contribution is 7.09. The quantitative estimate of drug-likeness (QED) is 0.886. The molecule has 16 heavy (non-hydrogen) atoms. The van der Waals surface area contributed by atoms with E-state index in [1.165, 1.54) is 11.5 Å². The summed E-state index contributed by atoms with van der Waals surface area (Å²) in [5.74, 6) is 0.898. The summed E-state index contributed by atoms with van der Waals surface area (Å²) in [6.07, 6.45) is 0. The lowest BCUT2D eigenvalue weighted by molar-refractivity contribution is 0.297. The monoisotopic (exact) mass is 235 g/mol. The van der Waals surface area contributed by atoms with Gasteiger partial charge in [0.05, 0.1) is 0 Å². The second-order valence-electron chi connectivity index (χ2n) is 3.59. The lowest BCUT2D eigenvalue weighted by Gasteiger charge is -2.10. The molecule has 84 valence electrons. The predicted octanol–water partition coefficient (Wildman–Crippen LogP) is 2.32. The molecule has 0 aliphatic rings. The van der Waals surface area contributed by atoms with Crippen molar-refractivity contribution in [2.24, 2.45) is 0 Å². The van der Waals surface area contributed by atoms with Crippen molar-refractivity contribution in [1.82, 2.24) is 9.59 Å². The molecule has 0 fully saturated rings. The number of aryl methyl sites for hydroxylation is 2. The van der Waals surface area contributed by atoms with Crippen molar-refractivity contribution < 1.29 is 4.74 Å². The maximum Gasteiger partial charge on any atom is 0.136 e. The molecule has 0 radical (unpaired) electrons. The van der Waals surface area contributed by atoms with E-state index in [2.05, 4.69) is 9.59 Å². The van der Waals surface area contributed by atoms with Crippen molar-refractivity contribution >= 4 is 16.5 Å². The van der Waals surface area contributed by atoms with E-state index in [9.17, 15) is 0 Å². The SMILES string of the molecule is Cc1cccc(C)c1OCc1nnsc1N. The van der Waals surface area contributed by atoms with Gasteiger partial charge in [0.15, 0.2) is 0 Å². The van der Waals surface area contributed by atoms with Crippen LogP contribution in [0, 0.1) is 13.8 Å².